The zero-order chi connectivity index (χ0) is 34.2. The smallest absolute Gasteiger partial charge is 0.00259 e. The van der Waals surface area contributed by atoms with E-state index in [2.05, 4.69) is 194 Å². The first-order valence-corrected chi connectivity index (χ1v) is 18.1. The summed E-state index contributed by atoms with van der Waals surface area (Å²) in [5, 5.41) is 17.8. The van der Waals surface area contributed by atoms with E-state index < -0.39 is 0 Å². The van der Waals surface area contributed by atoms with Crippen molar-refractivity contribution in [3.8, 4) is 33.4 Å². The van der Waals surface area contributed by atoms with Gasteiger partial charge >= 0.3 is 0 Å². The van der Waals surface area contributed by atoms with Crippen LogP contribution in [0.5, 0.6) is 0 Å². The maximum Gasteiger partial charge on any atom is -0.00259 e. The molecule has 0 unspecified atom stereocenters. The van der Waals surface area contributed by atoms with E-state index in [0.717, 1.165) is 0 Å². The summed E-state index contributed by atoms with van der Waals surface area (Å²) in [5.74, 6) is 0. The molecule has 0 heteroatoms. The Kier molecular flexibility index (Phi) is 6.35. The van der Waals surface area contributed by atoms with Crippen molar-refractivity contribution in [1.82, 2.24) is 0 Å². The standard InChI is InChI=1S/C52H32/c1-3-13-35-29-37(23-21-33(35)11-1)38-25-28-48-50(31-38)52(47-20-10-9-19-46(47)51(48)39-24-22-34-12-2-4-14-36(34)30-39)40-26-27-45-43-17-6-5-15-41(43)42-16-7-8-18-44(42)49(45)32-40/h1-32H. The van der Waals surface area contributed by atoms with Gasteiger partial charge in [-0.15, -0.1) is 0 Å². The molecule has 0 saturated carbocycles. The molecule has 0 fully saturated rings. The second kappa shape index (κ2) is 11.4. The molecule has 0 atom stereocenters. The molecule has 52 heavy (non-hydrogen) atoms. The van der Waals surface area contributed by atoms with Crippen LogP contribution >= 0.6 is 0 Å². The average molecular weight is 657 g/mol. The molecule has 0 aromatic heterocycles. The van der Waals surface area contributed by atoms with Crippen molar-refractivity contribution < 1.29 is 0 Å². The summed E-state index contributed by atoms with van der Waals surface area (Å²) in [6.07, 6.45) is 0. The maximum atomic E-state index is 2.45. The lowest BCUT2D eigenvalue weighted by Crippen LogP contribution is -1.92. The molecule has 0 aliphatic rings. The fourth-order valence-electron chi connectivity index (χ4n) is 8.76. The Morgan fingerprint density at radius 2 is 0.500 bits per heavy atom. The first-order chi connectivity index (χ1) is 25.8. The van der Waals surface area contributed by atoms with E-state index in [0.29, 0.717) is 0 Å². The van der Waals surface area contributed by atoms with E-state index in [1.807, 2.05) is 0 Å². The Morgan fingerprint density at radius 1 is 0.173 bits per heavy atom. The van der Waals surface area contributed by atoms with Gasteiger partial charge in [0.05, 0.1) is 0 Å². The number of rotatable bonds is 3. The van der Waals surface area contributed by atoms with Gasteiger partial charge in [0.25, 0.3) is 0 Å². The second-order valence-electron chi connectivity index (χ2n) is 14.0. The van der Waals surface area contributed by atoms with E-state index in [-0.39, 0.29) is 0 Å². The van der Waals surface area contributed by atoms with Gasteiger partial charge in [-0.1, -0.05) is 170 Å². The van der Waals surface area contributed by atoms with Crippen molar-refractivity contribution in [1.29, 1.82) is 0 Å². The molecule has 0 saturated heterocycles. The number of benzene rings is 11. The van der Waals surface area contributed by atoms with Crippen molar-refractivity contribution in [2.75, 3.05) is 0 Å². The minimum Gasteiger partial charge on any atom is -0.0616 e. The lowest BCUT2D eigenvalue weighted by molar-refractivity contribution is 1.66. The summed E-state index contributed by atoms with van der Waals surface area (Å²) in [6.45, 7) is 0. The molecule has 0 spiro atoms. The first-order valence-electron chi connectivity index (χ1n) is 18.1. The SMILES string of the molecule is c1ccc2cc(-c3ccc4c(-c5ccc6ccccc6c5)c5ccccc5c(-c5ccc6c7ccccc7c7ccccc7c6c5)c4c3)ccc2c1. The molecule has 0 nitrogen and oxygen atoms in total. The van der Waals surface area contributed by atoms with E-state index in [4.69, 9.17) is 0 Å². The van der Waals surface area contributed by atoms with Crippen LogP contribution in [0.2, 0.25) is 0 Å². The predicted molar refractivity (Wildman–Crippen MR) is 225 cm³/mol. The quantitative estimate of drug-likeness (QED) is 0.131. The Bertz CT molecular complexity index is 3200. The van der Waals surface area contributed by atoms with Crippen LogP contribution in [0.15, 0.2) is 194 Å². The van der Waals surface area contributed by atoms with Gasteiger partial charge in [0.2, 0.25) is 0 Å². The van der Waals surface area contributed by atoms with Gasteiger partial charge in [-0.2, -0.15) is 0 Å². The van der Waals surface area contributed by atoms with E-state index in [1.165, 1.54) is 109 Å². The summed E-state index contributed by atoms with van der Waals surface area (Å²) >= 11 is 0. The molecule has 0 amide bonds. The molecule has 0 radical (unpaired) electrons. The van der Waals surface area contributed by atoms with Gasteiger partial charge in [0.15, 0.2) is 0 Å². The molecule has 0 aliphatic heterocycles. The Morgan fingerprint density at radius 3 is 1.12 bits per heavy atom. The van der Waals surface area contributed by atoms with Crippen LogP contribution in [0.4, 0.5) is 0 Å². The van der Waals surface area contributed by atoms with Crippen molar-refractivity contribution >= 4 is 75.4 Å². The topological polar surface area (TPSA) is 0 Å². The van der Waals surface area contributed by atoms with Crippen LogP contribution in [0.25, 0.3) is 109 Å². The van der Waals surface area contributed by atoms with Crippen LogP contribution < -0.4 is 0 Å². The van der Waals surface area contributed by atoms with Gasteiger partial charge in [-0.3, -0.25) is 0 Å². The third-order valence-electron chi connectivity index (χ3n) is 11.2. The van der Waals surface area contributed by atoms with Gasteiger partial charge < -0.3 is 0 Å². The molecule has 11 aromatic carbocycles. The van der Waals surface area contributed by atoms with Gasteiger partial charge in [-0.25, -0.2) is 0 Å². The summed E-state index contributed by atoms with van der Waals surface area (Å²) in [6, 6.07) is 72.0. The van der Waals surface area contributed by atoms with Crippen molar-refractivity contribution in [2.24, 2.45) is 0 Å². The zero-order valence-corrected chi connectivity index (χ0v) is 28.5. The molecule has 11 aromatic rings. The van der Waals surface area contributed by atoms with E-state index in [9.17, 15) is 0 Å². The maximum absolute atomic E-state index is 2.45. The Balaban J connectivity index is 1.26. The molecule has 11 rings (SSSR count). The second-order valence-corrected chi connectivity index (χ2v) is 14.0. The third kappa shape index (κ3) is 4.41. The normalized spacial score (nSPS) is 11.8. The minimum atomic E-state index is 1.22. The van der Waals surface area contributed by atoms with Crippen LogP contribution in [0.1, 0.15) is 0 Å². The highest BCUT2D eigenvalue weighted by molar-refractivity contribution is 6.27. The van der Waals surface area contributed by atoms with Gasteiger partial charge in [0.1, 0.15) is 0 Å². The fraction of sp³-hybridized carbons (Fsp3) is 0. The minimum absolute atomic E-state index is 1.22. The molecule has 0 aliphatic carbocycles. The lowest BCUT2D eigenvalue weighted by atomic mass is 9.83. The largest absolute Gasteiger partial charge is 0.0616 e. The summed E-state index contributed by atoms with van der Waals surface area (Å²) in [4.78, 5) is 0. The Labute approximate surface area is 301 Å². The molecule has 0 heterocycles. The van der Waals surface area contributed by atoms with Crippen LogP contribution in [0, 0.1) is 0 Å². The van der Waals surface area contributed by atoms with Crippen LogP contribution in [-0.4, -0.2) is 0 Å². The van der Waals surface area contributed by atoms with Gasteiger partial charge in [0, 0.05) is 0 Å². The summed E-state index contributed by atoms with van der Waals surface area (Å²) in [5.41, 5.74) is 7.47. The molecular formula is C52H32. The highest BCUT2D eigenvalue weighted by atomic mass is 14.2. The average Bonchev–Trinajstić information content (AvgIpc) is 3.22. The van der Waals surface area contributed by atoms with E-state index in [1.54, 1.807) is 0 Å². The monoisotopic (exact) mass is 656 g/mol. The molecule has 0 N–H and O–H groups in total. The van der Waals surface area contributed by atoms with Crippen LogP contribution in [-0.2, 0) is 0 Å². The third-order valence-corrected chi connectivity index (χ3v) is 11.2. The van der Waals surface area contributed by atoms with Crippen molar-refractivity contribution in [3.63, 3.8) is 0 Å². The zero-order valence-electron chi connectivity index (χ0n) is 28.5. The summed E-state index contributed by atoms with van der Waals surface area (Å²) in [7, 11) is 0. The van der Waals surface area contributed by atoms with Crippen molar-refractivity contribution in [2.45, 2.75) is 0 Å². The molecular weight excluding hydrogens is 625 g/mol. The molecule has 240 valence electrons. The van der Waals surface area contributed by atoms with E-state index >= 15 is 0 Å². The predicted octanol–water partition coefficient (Wildman–Crippen LogP) is 14.8. The summed E-state index contributed by atoms with van der Waals surface area (Å²) < 4.78 is 0. The first kappa shape index (κ1) is 29.0. The fourth-order valence-corrected chi connectivity index (χ4v) is 8.76. The highest BCUT2D eigenvalue weighted by Gasteiger charge is 2.19. The molecule has 0 bridgehead atoms. The number of hydrogen-bond acceptors (Lipinski definition) is 0. The Hall–Kier alpha value is -6.76. The number of hydrogen-bond donors (Lipinski definition) is 0. The van der Waals surface area contributed by atoms with Gasteiger partial charge in [-0.05, 0) is 133 Å². The lowest BCUT2D eigenvalue weighted by Gasteiger charge is -2.20. The number of fused-ring (bicyclic) bond motifs is 10. The van der Waals surface area contributed by atoms with Crippen LogP contribution in [0.3, 0.4) is 0 Å². The van der Waals surface area contributed by atoms with Crippen molar-refractivity contribution in [3.05, 3.63) is 194 Å². The highest BCUT2D eigenvalue weighted by Crippen LogP contribution is 2.47.